The molecule has 2 fully saturated rings. The molecule has 2 saturated heterocycles. The maximum Gasteiger partial charge on any atom is 0.228 e. The summed E-state index contributed by atoms with van der Waals surface area (Å²) >= 11 is 0. The van der Waals surface area contributed by atoms with E-state index in [1.54, 1.807) is 17.2 Å². The number of rotatable bonds is 6. The van der Waals surface area contributed by atoms with E-state index < -0.39 is 0 Å². The number of hydrogen-bond acceptors (Lipinski definition) is 11. The van der Waals surface area contributed by atoms with E-state index in [2.05, 4.69) is 51.0 Å². The maximum atomic E-state index is 5.55. The fourth-order valence-electron chi connectivity index (χ4n) is 4.53. The molecule has 12 nitrogen and oxygen atoms in total. The van der Waals surface area contributed by atoms with E-state index in [-0.39, 0.29) is 5.41 Å². The highest BCUT2D eigenvalue weighted by Crippen LogP contribution is 2.26. The summed E-state index contributed by atoms with van der Waals surface area (Å²) in [4.78, 5) is 27.9. The van der Waals surface area contributed by atoms with Crippen molar-refractivity contribution in [3.05, 3.63) is 54.7 Å². The van der Waals surface area contributed by atoms with Gasteiger partial charge in [0.05, 0.1) is 43.5 Å². The Hall–Kier alpha value is -4.16. The van der Waals surface area contributed by atoms with Gasteiger partial charge < -0.3 is 24.6 Å². The van der Waals surface area contributed by atoms with Crippen molar-refractivity contribution in [1.29, 1.82) is 0 Å². The first kappa shape index (κ1) is 26.1. The van der Waals surface area contributed by atoms with Gasteiger partial charge in [-0.05, 0) is 30.3 Å². The van der Waals surface area contributed by atoms with Crippen molar-refractivity contribution in [2.45, 2.75) is 26.2 Å². The molecule has 40 heavy (non-hydrogen) atoms. The summed E-state index contributed by atoms with van der Waals surface area (Å²) in [5, 5.41) is 7.93. The smallest absolute Gasteiger partial charge is 0.228 e. The highest BCUT2D eigenvalue weighted by Gasteiger charge is 2.21. The van der Waals surface area contributed by atoms with Crippen LogP contribution in [0.2, 0.25) is 0 Å². The molecular formula is C28H34N10O2. The molecule has 2 aliphatic rings. The van der Waals surface area contributed by atoms with E-state index in [0.29, 0.717) is 38.3 Å². The third-order valence-corrected chi connectivity index (χ3v) is 6.80. The first-order valence-corrected chi connectivity index (χ1v) is 13.6. The van der Waals surface area contributed by atoms with Gasteiger partial charge in [0.2, 0.25) is 11.9 Å². The summed E-state index contributed by atoms with van der Waals surface area (Å²) in [6, 6.07) is 11.8. The summed E-state index contributed by atoms with van der Waals surface area (Å²) in [7, 11) is 0. The fourth-order valence-corrected chi connectivity index (χ4v) is 4.53. The van der Waals surface area contributed by atoms with Crippen molar-refractivity contribution in [2.75, 3.05) is 67.7 Å². The van der Waals surface area contributed by atoms with E-state index in [9.17, 15) is 0 Å². The topological polar surface area (TPSA) is 119 Å². The molecule has 0 bridgehead atoms. The molecule has 0 atom stereocenters. The maximum absolute atomic E-state index is 5.55. The molecule has 0 unspecified atom stereocenters. The Kier molecular flexibility index (Phi) is 7.27. The van der Waals surface area contributed by atoms with Crippen LogP contribution in [0.3, 0.4) is 0 Å². The molecule has 0 spiro atoms. The van der Waals surface area contributed by atoms with Gasteiger partial charge in [-0.2, -0.15) is 10.1 Å². The average molecular weight is 543 g/mol. The van der Waals surface area contributed by atoms with Crippen LogP contribution in [0.5, 0.6) is 0 Å². The van der Waals surface area contributed by atoms with Crippen molar-refractivity contribution < 1.29 is 9.47 Å². The zero-order valence-corrected chi connectivity index (χ0v) is 23.1. The molecule has 0 radical (unpaired) electrons. The molecule has 3 aromatic heterocycles. The van der Waals surface area contributed by atoms with Crippen LogP contribution in [-0.2, 0) is 14.9 Å². The molecule has 1 N–H and O–H groups in total. The lowest BCUT2D eigenvalue weighted by atomic mass is 9.96. The van der Waals surface area contributed by atoms with Crippen LogP contribution in [0.25, 0.3) is 17.1 Å². The van der Waals surface area contributed by atoms with Crippen LogP contribution in [0, 0.1) is 0 Å². The molecule has 0 saturated carbocycles. The lowest BCUT2D eigenvalue weighted by Crippen LogP contribution is -2.39. The van der Waals surface area contributed by atoms with Crippen molar-refractivity contribution in [1.82, 2.24) is 34.7 Å². The number of benzene rings is 1. The standard InChI is InChI=1S/C28H34N10O2/c1-28(2,3)25-30-19-38(35-25)21-6-4-20(5-7-21)31-26-29-9-8-22(32-26)23-18-24(36-10-14-39-15-11-36)34-27(33-23)37-12-16-40-17-13-37/h4-9,18-19H,10-17H2,1-3H3,(H,29,31,32). The highest BCUT2D eigenvalue weighted by molar-refractivity contribution is 5.64. The Morgan fingerprint density at radius 2 is 1.48 bits per heavy atom. The normalized spacial score (nSPS) is 16.3. The molecular weight excluding hydrogens is 508 g/mol. The van der Waals surface area contributed by atoms with Crippen LogP contribution in [-0.4, -0.2) is 87.3 Å². The van der Waals surface area contributed by atoms with E-state index in [1.165, 1.54) is 0 Å². The molecule has 1 aromatic carbocycles. The van der Waals surface area contributed by atoms with Crippen LogP contribution < -0.4 is 15.1 Å². The summed E-state index contributed by atoms with van der Waals surface area (Å²) in [5.74, 6) is 2.86. The second-order valence-electron chi connectivity index (χ2n) is 10.8. The van der Waals surface area contributed by atoms with E-state index >= 15 is 0 Å². The van der Waals surface area contributed by atoms with Crippen molar-refractivity contribution in [3.63, 3.8) is 0 Å². The Morgan fingerprint density at radius 1 is 0.775 bits per heavy atom. The van der Waals surface area contributed by atoms with Gasteiger partial charge in [-0.3, -0.25) is 0 Å². The largest absolute Gasteiger partial charge is 0.378 e. The molecule has 6 rings (SSSR count). The summed E-state index contributed by atoms with van der Waals surface area (Å²) in [5.41, 5.74) is 3.15. The van der Waals surface area contributed by atoms with Crippen molar-refractivity contribution in [3.8, 4) is 17.1 Å². The SMILES string of the molecule is CC(C)(C)c1ncn(-c2ccc(Nc3nccc(-c4cc(N5CCOCC5)nc(N5CCOCC5)n4)n3)cc2)n1. The fraction of sp³-hybridized carbons (Fsp3) is 0.429. The summed E-state index contributed by atoms with van der Waals surface area (Å²) in [6.45, 7) is 12.1. The molecule has 0 aliphatic carbocycles. The lowest BCUT2D eigenvalue weighted by molar-refractivity contribution is 0.121. The number of hydrogen-bond donors (Lipinski definition) is 1. The van der Waals surface area contributed by atoms with Crippen LogP contribution in [0.15, 0.2) is 48.9 Å². The van der Waals surface area contributed by atoms with E-state index in [0.717, 1.165) is 60.6 Å². The predicted octanol–water partition coefficient (Wildman–Crippen LogP) is 3.23. The number of aromatic nitrogens is 7. The third kappa shape index (κ3) is 5.87. The Morgan fingerprint density at radius 3 is 2.15 bits per heavy atom. The highest BCUT2D eigenvalue weighted by atomic mass is 16.5. The molecule has 5 heterocycles. The number of ether oxygens (including phenoxy) is 2. The first-order valence-electron chi connectivity index (χ1n) is 13.6. The van der Waals surface area contributed by atoms with E-state index in [4.69, 9.17) is 24.4 Å². The Balaban J connectivity index is 1.24. The molecule has 0 amide bonds. The van der Waals surface area contributed by atoms with Gasteiger partial charge in [-0.1, -0.05) is 20.8 Å². The number of nitrogens with one attached hydrogen (secondary N) is 1. The van der Waals surface area contributed by atoms with Crippen molar-refractivity contribution in [2.24, 2.45) is 0 Å². The second-order valence-corrected chi connectivity index (χ2v) is 10.8. The Labute approximate surface area is 233 Å². The van der Waals surface area contributed by atoms with Crippen LogP contribution in [0.4, 0.5) is 23.4 Å². The predicted molar refractivity (Wildman–Crippen MR) is 152 cm³/mol. The zero-order chi connectivity index (χ0) is 27.5. The van der Waals surface area contributed by atoms with Gasteiger partial charge in [0, 0.05) is 49.5 Å². The Bertz CT molecular complexity index is 1400. The zero-order valence-electron chi connectivity index (χ0n) is 23.1. The van der Waals surface area contributed by atoms with Crippen molar-refractivity contribution >= 4 is 23.4 Å². The molecule has 4 aromatic rings. The number of anilines is 4. The molecule has 12 heteroatoms. The first-order chi connectivity index (χ1) is 19.4. The molecule has 2 aliphatic heterocycles. The van der Waals surface area contributed by atoms with Gasteiger partial charge in [-0.15, -0.1) is 0 Å². The number of morpholine rings is 2. The third-order valence-electron chi connectivity index (χ3n) is 6.80. The molecule has 208 valence electrons. The monoisotopic (exact) mass is 542 g/mol. The van der Waals surface area contributed by atoms with Gasteiger partial charge in [0.15, 0.2) is 5.82 Å². The summed E-state index contributed by atoms with van der Waals surface area (Å²) < 4.78 is 12.9. The quantitative estimate of drug-likeness (QED) is 0.387. The minimum Gasteiger partial charge on any atom is -0.378 e. The minimum atomic E-state index is -0.106. The van der Waals surface area contributed by atoms with Gasteiger partial charge in [-0.25, -0.2) is 24.6 Å². The van der Waals surface area contributed by atoms with E-state index in [1.807, 2.05) is 36.4 Å². The van der Waals surface area contributed by atoms with Gasteiger partial charge in [0.25, 0.3) is 0 Å². The second kappa shape index (κ2) is 11.1. The van der Waals surface area contributed by atoms with Gasteiger partial charge >= 0.3 is 0 Å². The van der Waals surface area contributed by atoms with Gasteiger partial charge in [0.1, 0.15) is 12.1 Å². The minimum absolute atomic E-state index is 0.106. The number of nitrogens with zero attached hydrogens (tertiary/aromatic N) is 9. The van der Waals surface area contributed by atoms with Crippen LogP contribution in [0.1, 0.15) is 26.6 Å². The van der Waals surface area contributed by atoms with Crippen LogP contribution >= 0.6 is 0 Å². The lowest BCUT2D eigenvalue weighted by Gasteiger charge is -2.31. The summed E-state index contributed by atoms with van der Waals surface area (Å²) in [6.07, 6.45) is 3.49. The average Bonchev–Trinajstić information content (AvgIpc) is 3.50.